The second-order valence-corrected chi connectivity index (χ2v) is 4.79. The molecule has 5 nitrogen and oxygen atoms in total. The number of benzene rings is 2. The number of nitrogens with one attached hydrogen (secondary N) is 1. The van der Waals surface area contributed by atoms with E-state index < -0.39 is 0 Å². The van der Waals surface area contributed by atoms with Gasteiger partial charge in [0.2, 0.25) is 0 Å². The van der Waals surface area contributed by atoms with Crippen molar-refractivity contribution in [1.29, 1.82) is 0 Å². The van der Waals surface area contributed by atoms with Crippen molar-refractivity contribution in [2.24, 2.45) is 10.7 Å². The maximum Gasteiger partial charge on any atom is 0.193 e. The highest BCUT2D eigenvalue weighted by molar-refractivity contribution is 5.92. The number of ether oxygens (including phenoxy) is 2. The molecule has 2 aromatic rings. The van der Waals surface area contributed by atoms with Crippen LogP contribution >= 0.6 is 0 Å². The number of aliphatic imine (C=N–C) groups is 1. The number of guanidine groups is 1. The van der Waals surface area contributed by atoms with E-state index in [1.165, 1.54) is 5.56 Å². The summed E-state index contributed by atoms with van der Waals surface area (Å²) >= 11 is 0. The monoisotopic (exact) mass is 299 g/mol. The Morgan fingerprint density at radius 3 is 2.55 bits per heavy atom. The zero-order chi connectivity index (χ0) is 15.8. The number of hydrogen-bond acceptors (Lipinski definition) is 3. The fourth-order valence-electron chi connectivity index (χ4n) is 1.91. The fraction of sp³-hybridized carbons (Fsp3) is 0.235. The smallest absolute Gasteiger partial charge is 0.193 e. The highest BCUT2D eigenvalue weighted by atomic mass is 16.5. The Kier molecular flexibility index (Phi) is 5.65. The number of aryl methyl sites for hydroxylation is 1. The summed E-state index contributed by atoms with van der Waals surface area (Å²) in [6.07, 6.45) is 0. The Hall–Kier alpha value is -2.69. The van der Waals surface area contributed by atoms with Crippen molar-refractivity contribution in [1.82, 2.24) is 0 Å². The third kappa shape index (κ3) is 5.01. The van der Waals surface area contributed by atoms with Crippen molar-refractivity contribution in [3.63, 3.8) is 0 Å². The molecule has 2 rings (SSSR count). The van der Waals surface area contributed by atoms with Crippen LogP contribution in [0.3, 0.4) is 0 Å². The van der Waals surface area contributed by atoms with Crippen LogP contribution in [0.1, 0.15) is 5.56 Å². The first-order valence-corrected chi connectivity index (χ1v) is 7.08. The molecule has 0 saturated heterocycles. The molecule has 0 amide bonds. The molecular weight excluding hydrogens is 278 g/mol. The lowest BCUT2D eigenvalue weighted by atomic mass is 10.2. The maximum absolute atomic E-state index is 5.84. The van der Waals surface area contributed by atoms with E-state index in [1.54, 1.807) is 7.11 Å². The molecule has 0 fully saturated rings. The van der Waals surface area contributed by atoms with Crippen molar-refractivity contribution in [3.8, 4) is 11.5 Å². The predicted molar refractivity (Wildman–Crippen MR) is 89.8 cm³/mol. The first-order valence-electron chi connectivity index (χ1n) is 7.08. The summed E-state index contributed by atoms with van der Waals surface area (Å²) in [6.45, 7) is 2.97. The van der Waals surface area contributed by atoms with E-state index >= 15 is 0 Å². The van der Waals surface area contributed by atoms with Gasteiger partial charge in [-0.1, -0.05) is 12.1 Å². The largest absolute Gasteiger partial charge is 0.497 e. The molecule has 0 atom stereocenters. The van der Waals surface area contributed by atoms with Crippen LogP contribution in [0.15, 0.2) is 53.5 Å². The van der Waals surface area contributed by atoms with Crippen molar-refractivity contribution < 1.29 is 9.47 Å². The maximum atomic E-state index is 5.84. The normalized spacial score (nSPS) is 11.1. The zero-order valence-electron chi connectivity index (χ0n) is 12.9. The Bertz CT molecular complexity index is 624. The van der Waals surface area contributed by atoms with Crippen LogP contribution in [0, 0.1) is 6.92 Å². The topological polar surface area (TPSA) is 68.9 Å². The Balaban J connectivity index is 1.76. The number of anilines is 1. The van der Waals surface area contributed by atoms with E-state index in [9.17, 15) is 0 Å². The lowest BCUT2D eigenvalue weighted by Crippen LogP contribution is -2.23. The third-order valence-electron chi connectivity index (χ3n) is 2.99. The van der Waals surface area contributed by atoms with Crippen LogP contribution in [0.2, 0.25) is 0 Å². The first kappa shape index (κ1) is 15.7. The summed E-state index contributed by atoms with van der Waals surface area (Å²) in [6, 6.07) is 15.4. The summed E-state index contributed by atoms with van der Waals surface area (Å²) in [5.74, 6) is 1.96. The molecule has 0 aliphatic rings. The van der Waals surface area contributed by atoms with Gasteiger partial charge >= 0.3 is 0 Å². The minimum absolute atomic E-state index is 0.379. The molecule has 0 spiro atoms. The van der Waals surface area contributed by atoms with Crippen molar-refractivity contribution in [3.05, 3.63) is 54.1 Å². The fourth-order valence-corrected chi connectivity index (χ4v) is 1.91. The van der Waals surface area contributed by atoms with Crippen LogP contribution in [0.4, 0.5) is 5.69 Å². The van der Waals surface area contributed by atoms with Crippen molar-refractivity contribution in [2.75, 3.05) is 25.6 Å². The second-order valence-electron chi connectivity index (χ2n) is 4.79. The third-order valence-corrected chi connectivity index (χ3v) is 2.99. The van der Waals surface area contributed by atoms with E-state index in [-0.39, 0.29) is 0 Å². The van der Waals surface area contributed by atoms with Gasteiger partial charge in [0, 0.05) is 5.69 Å². The molecule has 0 radical (unpaired) electrons. The molecule has 0 heterocycles. The number of nitrogens with zero attached hydrogens (tertiary/aromatic N) is 1. The summed E-state index contributed by atoms with van der Waals surface area (Å²) in [5.41, 5.74) is 7.94. The molecule has 116 valence electrons. The van der Waals surface area contributed by atoms with Gasteiger partial charge in [0.1, 0.15) is 18.1 Å². The quantitative estimate of drug-likeness (QED) is 0.489. The highest BCUT2D eigenvalue weighted by Gasteiger charge is 1.97. The standard InChI is InChI=1S/C17H21N3O2/c1-13-4-3-5-14(12-13)20-17(18)19-10-11-22-16-8-6-15(21-2)7-9-16/h3-9,12H,10-11H2,1-2H3,(H3,18,19,20). The summed E-state index contributed by atoms with van der Waals surface area (Å²) < 4.78 is 10.7. The average molecular weight is 299 g/mol. The number of nitrogens with two attached hydrogens (primary N) is 1. The van der Waals surface area contributed by atoms with E-state index in [1.807, 2.05) is 55.5 Å². The second kappa shape index (κ2) is 7.93. The molecule has 0 aromatic heterocycles. The predicted octanol–water partition coefficient (Wildman–Crippen LogP) is 2.81. The SMILES string of the molecule is COc1ccc(OCCN=C(N)Nc2cccc(C)c2)cc1. The molecule has 22 heavy (non-hydrogen) atoms. The average Bonchev–Trinajstić information content (AvgIpc) is 2.52. The van der Waals surface area contributed by atoms with Gasteiger partial charge in [-0.2, -0.15) is 0 Å². The molecule has 2 aromatic carbocycles. The van der Waals surface area contributed by atoms with Gasteiger partial charge < -0.3 is 20.5 Å². The first-order chi connectivity index (χ1) is 10.7. The van der Waals surface area contributed by atoms with Crippen molar-refractivity contribution >= 4 is 11.6 Å². The number of methoxy groups -OCH3 is 1. The Morgan fingerprint density at radius 1 is 1.14 bits per heavy atom. The van der Waals surface area contributed by atoms with E-state index in [2.05, 4.69) is 10.3 Å². The van der Waals surface area contributed by atoms with Gasteiger partial charge in [0.25, 0.3) is 0 Å². The van der Waals surface area contributed by atoms with Crippen LogP contribution in [-0.2, 0) is 0 Å². The van der Waals surface area contributed by atoms with E-state index in [4.69, 9.17) is 15.2 Å². The van der Waals surface area contributed by atoms with Gasteiger partial charge in [0.05, 0.1) is 13.7 Å². The zero-order valence-corrected chi connectivity index (χ0v) is 12.9. The molecule has 0 saturated carbocycles. The number of rotatable bonds is 6. The minimum Gasteiger partial charge on any atom is -0.497 e. The van der Waals surface area contributed by atoms with Crippen LogP contribution in [0.25, 0.3) is 0 Å². The number of hydrogen-bond donors (Lipinski definition) is 2. The van der Waals surface area contributed by atoms with E-state index in [0.717, 1.165) is 17.2 Å². The molecule has 0 unspecified atom stereocenters. The van der Waals surface area contributed by atoms with Gasteiger partial charge in [-0.05, 0) is 48.9 Å². The molecule has 3 N–H and O–H groups in total. The van der Waals surface area contributed by atoms with Gasteiger partial charge in [-0.3, -0.25) is 0 Å². The molecule has 5 heteroatoms. The van der Waals surface area contributed by atoms with Crippen molar-refractivity contribution in [2.45, 2.75) is 6.92 Å². The van der Waals surface area contributed by atoms with Gasteiger partial charge in [-0.25, -0.2) is 4.99 Å². The summed E-state index contributed by atoms with van der Waals surface area (Å²) in [7, 11) is 1.63. The van der Waals surface area contributed by atoms with Crippen LogP contribution in [0.5, 0.6) is 11.5 Å². The van der Waals surface area contributed by atoms with Gasteiger partial charge in [-0.15, -0.1) is 0 Å². The molecular formula is C17H21N3O2. The summed E-state index contributed by atoms with van der Waals surface area (Å²) in [5, 5.41) is 3.05. The minimum atomic E-state index is 0.379. The van der Waals surface area contributed by atoms with Crippen LogP contribution < -0.4 is 20.5 Å². The molecule has 0 bridgehead atoms. The molecule has 0 aliphatic carbocycles. The van der Waals surface area contributed by atoms with Crippen LogP contribution in [-0.4, -0.2) is 26.2 Å². The summed E-state index contributed by atoms with van der Waals surface area (Å²) in [4.78, 5) is 4.23. The Morgan fingerprint density at radius 2 is 1.86 bits per heavy atom. The highest BCUT2D eigenvalue weighted by Crippen LogP contribution is 2.16. The Labute approximate surface area is 130 Å². The lowest BCUT2D eigenvalue weighted by Gasteiger charge is -2.07. The van der Waals surface area contributed by atoms with Gasteiger partial charge in [0.15, 0.2) is 5.96 Å². The van der Waals surface area contributed by atoms with E-state index in [0.29, 0.717) is 19.1 Å². The molecule has 0 aliphatic heterocycles. The lowest BCUT2D eigenvalue weighted by molar-refractivity contribution is 0.327.